The van der Waals surface area contributed by atoms with E-state index in [1.165, 1.54) is 0 Å². The molecule has 0 aliphatic carbocycles. The molecule has 2 N–H and O–H groups in total. The van der Waals surface area contributed by atoms with E-state index in [0.717, 1.165) is 22.1 Å². The van der Waals surface area contributed by atoms with Gasteiger partial charge in [0, 0.05) is 30.0 Å². The minimum absolute atomic E-state index is 0.162. The minimum Gasteiger partial charge on any atom is -0.481 e. The molecular formula is C17H21N3O2S. The van der Waals surface area contributed by atoms with Crippen molar-refractivity contribution >= 4 is 23.5 Å². The van der Waals surface area contributed by atoms with Gasteiger partial charge in [0.05, 0.1) is 10.7 Å². The number of thioether (sulfide) groups is 1. The molecule has 2 heterocycles. The average Bonchev–Trinajstić information content (AvgIpc) is 2.52. The molecule has 0 amide bonds. The fraction of sp³-hybridized carbons (Fsp3) is 0.353. The van der Waals surface area contributed by atoms with Crippen molar-refractivity contribution in [2.75, 3.05) is 11.9 Å². The third-order valence-electron chi connectivity index (χ3n) is 3.01. The standard InChI is InChI=1S/C17H21N3O2S/c1-12(2)23-16-6-3-5-14(20-16)13-8-9-15(19-11-13)18-10-4-7-17(21)22/h3,5-6,8-9,11-12H,4,7,10H2,1-2H3,(H,18,19)(H,21,22). The van der Waals surface area contributed by atoms with Gasteiger partial charge in [0.1, 0.15) is 5.82 Å². The maximum Gasteiger partial charge on any atom is 0.303 e. The van der Waals surface area contributed by atoms with Crippen molar-refractivity contribution < 1.29 is 9.90 Å². The molecule has 2 aromatic rings. The first-order valence-corrected chi connectivity index (χ1v) is 8.48. The Hall–Kier alpha value is -2.08. The Morgan fingerprint density at radius 2 is 2.13 bits per heavy atom. The van der Waals surface area contributed by atoms with Crippen LogP contribution < -0.4 is 5.32 Å². The number of aliphatic carboxylic acids is 1. The van der Waals surface area contributed by atoms with Crippen LogP contribution in [-0.2, 0) is 4.79 Å². The summed E-state index contributed by atoms with van der Waals surface area (Å²) in [6.07, 6.45) is 2.52. The van der Waals surface area contributed by atoms with E-state index in [9.17, 15) is 4.79 Å². The lowest BCUT2D eigenvalue weighted by molar-refractivity contribution is -0.137. The Bertz CT molecular complexity index is 645. The molecule has 2 rings (SSSR count). The van der Waals surface area contributed by atoms with Crippen molar-refractivity contribution in [1.82, 2.24) is 9.97 Å². The molecule has 0 spiro atoms. The van der Waals surface area contributed by atoms with E-state index in [0.29, 0.717) is 18.2 Å². The summed E-state index contributed by atoms with van der Waals surface area (Å²) >= 11 is 1.73. The van der Waals surface area contributed by atoms with E-state index >= 15 is 0 Å². The first-order chi connectivity index (χ1) is 11.0. The summed E-state index contributed by atoms with van der Waals surface area (Å²) in [4.78, 5) is 19.5. The molecule has 0 saturated heterocycles. The molecule has 0 aromatic carbocycles. The van der Waals surface area contributed by atoms with Gasteiger partial charge in [0.15, 0.2) is 0 Å². The van der Waals surface area contributed by atoms with Crippen molar-refractivity contribution in [3.8, 4) is 11.3 Å². The van der Waals surface area contributed by atoms with Gasteiger partial charge in [0.25, 0.3) is 0 Å². The van der Waals surface area contributed by atoms with Crippen LogP contribution in [-0.4, -0.2) is 32.8 Å². The van der Waals surface area contributed by atoms with Gasteiger partial charge >= 0.3 is 5.97 Å². The predicted molar refractivity (Wildman–Crippen MR) is 93.8 cm³/mol. The number of hydrogen-bond donors (Lipinski definition) is 2. The summed E-state index contributed by atoms with van der Waals surface area (Å²) in [5, 5.41) is 13.2. The summed E-state index contributed by atoms with van der Waals surface area (Å²) in [6, 6.07) is 9.85. The van der Waals surface area contributed by atoms with Crippen molar-refractivity contribution in [3.05, 3.63) is 36.5 Å². The summed E-state index contributed by atoms with van der Waals surface area (Å²) in [5.41, 5.74) is 1.87. The lowest BCUT2D eigenvalue weighted by atomic mass is 10.2. The quantitative estimate of drug-likeness (QED) is 0.564. The molecule has 0 radical (unpaired) electrons. The minimum atomic E-state index is -0.777. The highest BCUT2D eigenvalue weighted by Gasteiger charge is 2.04. The van der Waals surface area contributed by atoms with Crippen LogP contribution in [0, 0.1) is 0 Å². The first kappa shape index (κ1) is 17.3. The molecule has 5 nitrogen and oxygen atoms in total. The highest BCUT2D eigenvalue weighted by molar-refractivity contribution is 7.99. The van der Waals surface area contributed by atoms with Gasteiger partial charge < -0.3 is 10.4 Å². The molecule has 0 atom stereocenters. The van der Waals surface area contributed by atoms with Crippen LogP contribution >= 0.6 is 11.8 Å². The summed E-state index contributed by atoms with van der Waals surface area (Å²) in [5.74, 6) is -0.0350. The Kier molecular flexibility index (Phi) is 6.40. The second-order valence-corrected chi connectivity index (χ2v) is 6.98. The number of anilines is 1. The van der Waals surface area contributed by atoms with Crippen LogP contribution in [0.5, 0.6) is 0 Å². The van der Waals surface area contributed by atoms with Crippen LogP contribution in [0.15, 0.2) is 41.6 Å². The zero-order chi connectivity index (χ0) is 16.7. The monoisotopic (exact) mass is 331 g/mol. The third-order valence-corrected chi connectivity index (χ3v) is 3.95. The van der Waals surface area contributed by atoms with Crippen molar-refractivity contribution in [2.24, 2.45) is 0 Å². The number of rotatable bonds is 8. The van der Waals surface area contributed by atoms with Gasteiger partial charge in [0.2, 0.25) is 0 Å². The van der Waals surface area contributed by atoms with E-state index in [1.54, 1.807) is 18.0 Å². The smallest absolute Gasteiger partial charge is 0.303 e. The van der Waals surface area contributed by atoms with Crippen LogP contribution in [0.2, 0.25) is 0 Å². The number of carboxylic acid groups (broad SMARTS) is 1. The van der Waals surface area contributed by atoms with Crippen molar-refractivity contribution in [2.45, 2.75) is 37.0 Å². The number of carbonyl (C=O) groups is 1. The summed E-state index contributed by atoms with van der Waals surface area (Å²) < 4.78 is 0. The molecule has 122 valence electrons. The Labute approximate surface area is 140 Å². The first-order valence-electron chi connectivity index (χ1n) is 7.60. The van der Waals surface area contributed by atoms with Gasteiger partial charge in [-0.3, -0.25) is 4.79 Å². The Balaban J connectivity index is 1.97. The number of carboxylic acids is 1. The van der Waals surface area contributed by atoms with Crippen molar-refractivity contribution in [3.63, 3.8) is 0 Å². The highest BCUT2D eigenvalue weighted by atomic mass is 32.2. The number of nitrogens with one attached hydrogen (secondary N) is 1. The van der Waals surface area contributed by atoms with Gasteiger partial charge in [-0.25, -0.2) is 9.97 Å². The molecule has 0 aliphatic rings. The summed E-state index contributed by atoms with van der Waals surface area (Å²) in [7, 11) is 0. The van der Waals surface area contributed by atoms with E-state index < -0.39 is 5.97 Å². The molecular weight excluding hydrogens is 310 g/mol. The van der Waals surface area contributed by atoms with Crippen LogP contribution in [0.1, 0.15) is 26.7 Å². The van der Waals surface area contributed by atoms with Crippen LogP contribution in [0.25, 0.3) is 11.3 Å². The Morgan fingerprint density at radius 3 is 2.78 bits per heavy atom. The number of hydrogen-bond acceptors (Lipinski definition) is 5. The maximum absolute atomic E-state index is 10.5. The highest BCUT2D eigenvalue weighted by Crippen LogP contribution is 2.24. The lowest BCUT2D eigenvalue weighted by Crippen LogP contribution is -2.05. The molecule has 0 fully saturated rings. The number of aromatic nitrogens is 2. The van der Waals surface area contributed by atoms with Gasteiger partial charge in [-0.1, -0.05) is 19.9 Å². The third kappa shape index (κ3) is 5.90. The second-order valence-electron chi connectivity index (χ2n) is 5.38. The van der Waals surface area contributed by atoms with E-state index in [-0.39, 0.29) is 6.42 Å². The Morgan fingerprint density at radius 1 is 1.30 bits per heavy atom. The number of nitrogens with zero attached hydrogens (tertiary/aromatic N) is 2. The fourth-order valence-electron chi connectivity index (χ4n) is 1.99. The molecule has 2 aromatic heterocycles. The molecule has 23 heavy (non-hydrogen) atoms. The topological polar surface area (TPSA) is 75.1 Å². The van der Waals surface area contributed by atoms with Crippen molar-refractivity contribution in [1.29, 1.82) is 0 Å². The van der Waals surface area contributed by atoms with E-state index in [2.05, 4.69) is 29.1 Å². The van der Waals surface area contributed by atoms with Gasteiger partial charge in [-0.05, 0) is 30.7 Å². The molecule has 0 aliphatic heterocycles. The molecule has 0 unspecified atom stereocenters. The van der Waals surface area contributed by atoms with Crippen LogP contribution in [0.4, 0.5) is 5.82 Å². The molecule has 0 saturated carbocycles. The fourth-order valence-corrected chi connectivity index (χ4v) is 2.78. The zero-order valence-corrected chi connectivity index (χ0v) is 14.1. The van der Waals surface area contributed by atoms with Crippen LogP contribution in [0.3, 0.4) is 0 Å². The SMILES string of the molecule is CC(C)Sc1cccc(-c2ccc(NCCCC(=O)O)nc2)n1. The largest absolute Gasteiger partial charge is 0.481 e. The summed E-state index contributed by atoms with van der Waals surface area (Å²) in [6.45, 7) is 4.88. The normalized spacial score (nSPS) is 10.7. The van der Waals surface area contributed by atoms with E-state index in [4.69, 9.17) is 5.11 Å². The maximum atomic E-state index is 10.5. The number of pyridine rings is 2. The molecule has 0 bridgehead atoms. The lowest BCUT2D eigenvalue weighted by Gasteiger charge is -2.08. The molecule has 6 heteroatoms. The zero-order valence-electron chi connectivity index (χ0n) is 13.3. The van der Waals surface area contributed by atoms with Gasteiger partial charge in [-0.2, -0.15) is 0 Å². The van der Waals surface area contributed by atoms with E-state index in [1.807, 2.05) is 30.3 Å². The van der Waals surface area contributed by atoms with Gasteiger partial charge in [-0.15, -0.1) is 11.8 Å². The second kappa shape index (κ2) is 8.53. The average molecular weight is 331 g/mol. The predicted octanol–water partition coefficient (Wildman–Crippen LogP) is 3.92.